The number of alkyl carbamates (subject to hydrolysis) is 1. The number of benzene rings is 2. The van der Waals surface area contributed by atoms with Gasteiger partial charge in [0, 0.05) is 17.3 Å². The van der Waals surface area contributed by atoms with Gasteiger partial charge in [0.2, 0.25) is 0 Å². The van der Waals surface area contributed by atoms with Crippen molar-refractivity contribution < 1.29 is 9.53 Å². The SMILES string of the molecule is Cc1nc2nc(-c3ccc(C4(NC(=O)OC(C)(C)C)CCC4)cc3)c(-c3ccccc3)cn2n1. The van der Waals surface area contributed by atoms with Crippen LogP contribution in [0.1, 0.15) is 51.4 Å². The number of nitrogens with one attached hydrogen (secondary N) is 1. The summed E-state index contributed by atoms with van der Waals surface area (Å²) in [5.74, 6) is 1.25. The number of nitrogens with zero attached hydrogens (tertiary/aromatic N) is 4. The Kier molecular flexibility index (Phi) is 5.35. The maximum atomic E-state index is 12.5. The Morgan fingerprint density at radius 2 is 1.71 bits per heavy atom. The van der Waals surface area contributed by atoms with Crippen molar-refractivity contribution in [3.05, 3.63) is 72.2 Å². The Labute approximate surface area is 199 Å². The Morgan fingerprint density at radius 3 is 2.32 bits per heavy atom. The van der Waals surface area contributed by atoms with Gasteiger partial charge in [-0.2, -0.15) is 10.1 Å². The number of amides is 1. The normalized spacial score (nSPS) is 15.1. The minimum atomic E-state index is -0.531. The Hall–Kier alpha value is -3.74. The van der Waals surface area contributed by atoms with Gasteiger partial charge in [0.25, 0.3) is 5.78 Å². The predicted octanol–water partition coefficient (Wildman–Crippen LogP) is 5.67. The molecule has 0 bridgehead atoms. The van der Waals surface area contributed by atoms with E-state index in [9.17, 15) is 4.79 Å². The molecular weight excluding hydrogens is 426 g/mol. The highest BCUT2D eigenvalue weighted by molar-refractivity contribution is 5.81. The van der Waals surface area contributed by atoms with Crippen LogP contribution in [0, 0.1) is 6.92 Å². The van der Waals surface area contributed by atoms with Crippen LogP contribution in [0.2, 0.25) is 0 Å². The van der Waals surface area contributed by atoms with Gasteiger partial charge in [0.1, 0.15) is 11.4 Å². The van der Waals surface area contributed by atoms with Crippen LogP contribution in [0.4, 0.5) is 4.79 Å². The van der Waals surface area contributed by atoms with E-state index in [2.05, 4.69) is 51.8 Å². The molecule has 1 aliphatic rings. The van der Waals surface area contributed by atoms with Crippen LogP contribution in [-0.4, -0.2) is 31.3 Å². The van der Waals surface area contributed by atoms with Crippen LogP contribution in [0.25, 0.3) is 28.2 Å². The van der Waals surface area contributed by atoms with Gasteiger partial charge in [-0.1, -0.05) is 54.6 Å². The van der Waals surface area contributed by atoms with Crippen molar-refractivity contribution in [2.45, 2.75) is 58.1 Å². The molecule has 5 rings (SSSR count). The summed E-state index contributed by atoms with van der Waals surface area (Å²) in [7, 11) is 0. The number of hydrogen-bond acceptors (Lipinski definition) is 5. The molecule has 34 heavy (non-hydrogen) atoms. The van der Waals surface area contributed by atoms with Crippen LogP contribution in [0.15, 0.2) is 60.8 Å². The number of ether oxygens (including phenoxy) is 1. The van der Waals surface area contributed by atoms with Gasteiger partial charge in [0.15, 0.2) is 0 Å². The molecular formula is C27H29N5O2. The number of hydrogen-bond donors (Lipinski definition) is 1. The van der Waals surface area contributed by atoms with Gasteiger partial charge in [0.05, 0.1) is 11.2 Å². The Balaban J connectivity index is 1.51. The molecule has 2 aromatic carbocycles. The molecule has 0 spiro atoms. The van der Waals surface area contributed by atoms with Gasteiger partial charge in [-0.05, 0) is 58.1 Å². The Morgan fingerprint density at radius 1 is 1.00 bits per heavy atom. The zero-order chi connectivity index (χ0) is 23.9. The second-order valence-corrected chi connectivity index (χ2v) is 9.91. The van der Waals surface area contributed by atoms with Crippen LogP contribution in [0.5, 0.6) is 0 Å². The maximum absolute atomic E-state index is 12.5. The molecule has 174 valence electrons. The lowest BCUT2D eigenvalue weighted by molar-refractivity contribution is 0.0377. The highest BCUT2D eigenvalue weighted by atomic mass is 16.6. The first-order valence-corrected chi connectivity index (χ1v) is 11.6. The van der Waals surface area contributed by atoms with Crippen LogP contribution in [0.3, 0.4) is 0 Å². The largest absolute Gasteiger partial charge is 0.444 e. The molecule has 0 atom stereocenters. The lowest BCUT2D eigenvalue weighted by atomic mass is 9.71. The fourth-order valence-corrected chi connectivity index (χ4v) is 4.44. The van der Waals surface area contributed by atoms with Crippen molar-refractivity contribution in [1.29, 1.82) is 0 Å². The molecule has 1 aliphatic carbocycles. The van der Waals surface area contributed by atoms with Gasteiger partial charge in [-0.15, -0.1) is 0 Å². The lowest BCUT2D eigenvalue weighted by Gasteiger charge is -2.43. The highest BCUT2D eigenvalue weighted by Crippen LogP contribution is 2.42. The van der Waals surface area contributed by atoms with Gasteiger partial charge in [-0.3, -0.25) is 0 Å². The fraction of sp³-hybridized carbons (Fsp3) is 0.333. The molecule has 7 heteroatoms. The highest BCUT2D eigenvalue weighted by Gasteiger charge is 2.41. The zero-order valence-corrected chi connectivity index (χ0v) is 20.0. The van der Waals surface area contributed by atoms with Crippen LogP contribution in [-0.2, 0) is 10.3 Å². The molecule has 1 fully saturated rings. The standard InChI is InChI=1S/C27H29N5O2/c1-18-28-24-29-23(22(17-32(24)31-18)19-9-6-5-7-10-19)20-11-13-21(14-12-20)27(15-8-16-27)30-25(33)34-26(2,3)4/h5-7,9-14,17H,8,15-16H2,1-4H3,(H,30,33). The summed E-state index contributed by atoms with van der Waals surface area (Å²) in [4.78, 5) is 21.8. The Bertz CT molecular complexity index is 1330. The molecule has 2 aromatic heterocycles. The smallest absolute Gasteiger partial charge is 0.408 e. The molecule has 1 N–H and O–H groups in total. The first kappa shape index (κ1) is 22.1. The van der Waals surface area contributed by atoms with E-state index in [4.69, 9.17) is 9.72 Å². The third kappa shape index (κ3) is 4.25. The molecule has 0 aliphatic heterocycles. The van der Waals surface area contributed by atoms with Crippen molar-refractivity contribution in [3.8, 4) is 22.4 Å². The average Bonchev–Trinajstić information content (AvgIpc) is 3.14. The van der Waals surface area contributed by atoms with Crippen molar-refractivity contribution in [3.63, 3.8) is 0 Å². The van der Waals surface area contributed by atoms with Crippen molar-refractivity contribution in [1.82, 2.24) is 24.9 Å². The minimum Gasteiger partial charge on any atom is -0.444 e. The summed E-state index contributed by atoms with van der Waals surface area (Å²) in [6.45, 7) is 7.49. The number of carbonyl (C=O) groups is 1. The van der Waals surface area contributed by atoms with E-state index < -0.39 is 5.60 Å². The maximum Gasteiger partial charge on any atom is 0.408 e. The topological polar surface area (TPSA) is 81.4 Å². The van der Waals surface area contributed by atoms with Crippen LogP contribution < -0.4 is 5.32 Å². The quantitative estimate of drug-likeness (QED) is 0.429. The molecule has 4 aromatic rings. The van der Waals surface area contributed by atoms with Crippen LogP contribution >= 0.6 is 0 Å². The third-order valence-electron chi connectivity index (χ3n) is 6.18. The first-order chi connectivity index (χ1) is 16.2. The van der Waals surface area contributed by atoms with E-state index in [0.29, 0.717) is 11.6 Å². The number of rotatable bonds is 4. The summed E-state index contributed by atoms with van der Waals surface area (Å²) in [5, 5.41) is 7.57. The monoisotopic (exact) mass is 455 g/mol. The van der Waals surface area contributed by atoms with E-state index in [-0.39, 0.29) is 11.6 Å². The lowest BCUT2D eigenvalue weighted by Crippen LogP contribution is -2.52. The summed E-state index contributed by atoms with van der Waals surface area (Å²) in [6, 6.07) is 18.5. The molecule has 1 amide bonds. The molecule has 2 heterocycles. The van der Waals surface area contributed by atoms with E-state index in [0.717, 1.165) is 47.2 Å². The number of carbonyl (C=O) groups excluding carboxylic acids is 1. The average molecular weight is 456 g/mol. The third-order valence-corrected chi connectivity index (χ3v) is 6.18. The molecule has 0 radical (unpaired) electrons. The summed E-state index contributed by atoms with van der Waals surface area (Å²) in [6.07, 6.45) is 4.46. The van der Waals surface area contributed by atoms with Crippen molar-refractivity contribution >= 4 is 11.9 Å². The molecule has 0 unspecified atom stereocenters. The number of aromatic nitrogens is 4. The molecule has 1 saturated carbocycles. The molecule has 0 saturated heterocycles. The number of aryl methyl sites for hydroxylation is 1. The van der Waals surface area contributed by atoms with Crippen molar-refractivity contribution in [2.75, 3.05) is 0 Å². The minimum absolute atomic E-state index is 0.378. The van der Waals surface area contributed by atoms with Gasteiger partial charge in [-0.25, -0.2) is 14.3 Å². The van der Waals surface area contributed by atoms with E-state index in [1.807, 2.05) is 52.1 Å². The summed E-state index contributed by atoms with van der Waals surface area (Å²) >= 11 is 0. The van der Waals surface area contributed by atoms with Gasteiger partial charge < -0.3 is 10.1 Å². The predicted molar refractivity (Wildman–Crippen MR) is 131 cm³/mol. The number of fused-ring (bicyclic) bond motifs is 1. The van der Waals surface area contributed by atoms with E-state index in [1.165, 1.54) is 0 Å². The van der Waals surface area contributed by atoms with Crippen molar-refractivity contribution in [2.24, 2.45) is 0 Å². The molecule has 7 nitrogen and oxygen atoms in total. The van der Waals surface area contributed by atoms with E-state index in [1.54, 1.807) is 4.52 Å². The van der Waals surface area contributed by atoms with Gasteiger partial charge >= 0.3 is 6.09 Å². The fourth-order valence-electron chi connectivity index (χ4n) is 4.44. The second-order valence-electron chi connectivity index (χ2n) is 9.91. The van der Waals surface area contributed by atoms with E-state index >= 15 is 0 Å². The summed E-state index contributed by atoms with van der Waals surface area (Å²) < 4.78 is 7.24. The second kappa shape index (κ2) is 8.24. The zero-order valence-electron chi connectivity index (χ0n) is 20.0. The summed E-state index contributed by atoms with van der Waals surface area (Å²) in [5.41, 5.74) is 4.04. The first-order valence-electron chi connectivity index (χ1n) is 11.6.